The fourth-order valence-electron chi connectivity index (χ4n) is 5.00. The standard InChI is InChI=1S/C25H32N2O4/c1-18(28)10-15-24(29)31-23-14-12-19-11-13-22-20-8-4-5-9-21(20)25(30)27(22)17-7-3-2-6-16-26(19)23/h4-5,8-9,13,19,23H,2-3,6-7,10-12,14-17H2,1H3/b22-13-/t19-,23-/m1/s1. The first kappa shape index (κ1) is 21.8. The predicted octanol–water partition coefficient (Wildman–Crippen LogP) is 4.15. The highest BCUT2D eigenvalue weighted by Crippen LogP contribution is 2.35. The van der Waals surface area contributed by atoms with E-state index >= 15 is 0 Å². The molecule has 0 bridgehead atoms. The smallest absolute Gasteiger partial charge is 0.307 e. The summed E-state index contributed by atoms with van der Waals surface area (Å²) in [4.78, 5) is 40.6. The molecule has 0 aliphatic carbocycles. The molecule has 1 aromatic carbocycles. The number of hydrogen-bond donors (Lipinski definition) is 0. The molecule has 0 aromatic heterocycles. The van der Waals surface area contributed by atoms with E-state index in [0.717, 1.165) is 74.9 Å². The number of ketones is 1. The van der Waals surface area contributed by atoms with Crippen LogP contribution in [0.1, 0.15) is 80.6 Å². The molecule has 0 spiro atoms. The first-order valence-electron chi connectivity index (χ1n) is 11.6. The van der Waals surface area contributed by atoms with Crippen molar-refractivity contribution in [1.29, 1.82) is 0 Å². The Hall–Kier alpha value is -2.47. The van der Waals surface area contributed by atoms with E-state index in [4.69, 9.17) is 4.74 Å². The van der Waals surface area contributed by atoms with Gasteiger partial charge in [0.05, 0.1) is 6.42 Å². The molecule has 3 aliphatic heterocycles. The molecule has 4 rings (SSSR count). The highest BCUT2D eigenvalue weighted by molar-refractivity contribution is 6.09. The maximum Gasteiger partial charge on any atom is 0.307 e. The fourth-order valence-corrected chi connectivity index (χ4v) is 5.00. The Morgan fingerprint density at radius 1 is 1.00 bits per heavy atom. The van der Waals surface area contributed by atoms with Gasteiger partial charge in [-0.25, -0.2) is 0 Å². The van der Waals surface area contributed by atoms with Crippen molar-refractivity contribution < 1.29 is 19.1 Å². The average molecular weight is 425 g/mol. The molecule has 3 aliphatic rings. The summed E-state index contributed by atoms with van der Waals surface area (Å²) in [5.41, 5.74) is 2.86. The molecule has 2 atom stereocenters. The zero-order chi connectivity index (χ0) is 21.8. The van der Waals surface area contributed by atoms with Crippen LogP contribution in [0.15, 0.2) is 30.3 Å². The lowest BCUT2D eigenvalue weighted by atomic mass is 10.0. The van der Waals surface area contributed by atoms with Gasteiger partial charge in [-0.2, -0.15) is 0 Å². The van der Waals surface area contributed by atoms with Crippen LogP contribution in [0.4, 0.5) is 0 Å². The minimum atomic E-state index is -0.285. The Balaban J connectivity index is 1.51. The lowest BCUT2D eigenvalue weighted by Crippen LogP contribution is -2.39. The van der Waals surface area contributed by atoms with E-state index in [2.05, 4.69) is 11.0 Å². The minimum absolute atomic E-state index is 0.00938. The van der Waals surface area contributed by atoms with Crippen LogP contribution in [0.25, 0.3) is 5.70 Å². The van der Waals surface area contributed by atoms with Gasteiger partial charge in [0, 0.05) is 42.4 Å². The molecule has 0 N–H and O–H groups in total. The molecular weight excluding hydrogens is 392 g/mol. The van der Waals surface area contributed by atoms with E-state index in [0.29, 0.717) is 6.04 Å². The van der Waals surface area contributed by atoms with E-state index in [9.17, 15) is 14.4 Å². The molecule has 0 unspecified atom stereocenters. The molecular formula is C25H32N2O4. The molecule has 1 fully saturated rings. The number of esters is 1. The van der Waals surface area contributed by atoms with Gasteiger partial charge in [0.2, 0.25) is 0 Å². The van der Waals surface area contributed by atoms with E-state index in [1.807, 2.05) is 29.2 Å². The van der Waals surface area contributed by atoms with Gasteiger partial charge in [-0.05, 0) is 45.1 Å². The third kappa shape index (κ3) is 4.90. The monoisotopic (exact) mass is 424 g/mol. The van der Waals surface area contributed by atoms with Gasteiger partial charge >= 0.3 is 5.97 Å². The summed E-state index contributed by atoms with van der Waals surface area (Å²) in [7, 11) is 0. The first-order valence-corrected chi connectivity index (χ1v) is 11.6. The molecule has 166 valence electrons. The zero-order valence-electron chi connectivity index (χ0n) is 18.3. The molecule has 6 heteroatoms. The second-order valence-corrected chi connectivity index (χ2v) is 8.86. The van der Waals surface area contributed by atoms with Crippen LogP contribution in [-0.4, -0.2) is 52.8 Å². The quantitative estimate of drug-likeness (QED) is 0.680. The third-order valence-electron chi connectivity index (χ3n) is 6.64. The van der Waals surface area contributed by atoms with Crippen molar-refractivity contribution in [3.8, 4) is 0 Å². The maximum absolute atomic E-state index is 13.0. The van der Waals surface area contributed by atoms with Crippen molar-refractivity contribution in [1.82, 2.24) is 9.80 Å². The number of ether oxygens (including phenoxy) is 1. The molecule has 0 radical (unpaired) electrons. The third-order valence-corrected chi connectivity index (χ3v) is 6.64. The van der Waals surface area contributed by atoms with Crippen molar-refractivity contribution in [2.75, 3.05) is 13.1 Å². The van der Waals surface area contributed by atoms with Gasteiger partial charge in [0.25, 0.3) is 5.91 Å². The average Bonchev–Trinajstić information content (AvgIpc) is 3.24. The number of carbonyl (C=O) groups is 3. The van der Waals surface area contributed by atoms with Crippen LogP contribution in [0.5, 0.6) is 0 Å². The van der Waals surface area contributed by atoms with Crippen LogP contribution in [0.2, 0.25) is 0 Å². The molecule has 6 nitrogen and oxygen atoms in total. The van der Waals surface area contributed by atoms with Crippen molar-refractivity contribution >= 4 is 23.4 Å². The molecule has 1 aromatic rings. The van der Waals surface area contributed by atoms with Gasteiger partial charge in [-0.3, -0.25) is 14.5 Å². The van der Waals surface area contributed by atoms with Crippen LogP contribution in [0.3, 0.4) is 0 Å². The summed E-state index contributed by atoms with van der Waals surface area (Å²) in [5, 5.41) is 0. The topological polar surface area (TPSA) is 66.9 Å². The summed E-state index contributed by atoms with van der Waals surface area (Å²) in [6, 6.07) is 8.17. The van der Waals surface area contributed by atoms with Crippen LogP contribution in [-0.2, 0) is 14.3 Å². The zero-order valence-corrected chi connectivity index (χ0v) is 18.3. The Bertz CT molecular complexity index is 878. The molecule has 1 saturated heterocycles. The normalized spacial score (nSPS) is 26.0. The maximum atomic E-state index is 13.0. The number of amides is 1. The second-order valence-electron chi connectivity index (χ2n) is 8.86. The number of benzene rings is 1. The second kappa shape index (κ2) is 9.77. The van der Waals surface area contributed by atoms with Gasteiger partial charge in [0.1, 0.15) is 5.78 Å². The summed E-state index contributed by atoms with van der Waals surface area (Å²) >= 11 is 0. The SMILES string of the molecule is CC(=O)CCC(=O)O[C@@H]1CC[C@H]2C/C=C3/c4ccccc4C(=O)N3CCCCCCN21. The minimum Gasteiger partial charge on any atom is -0.446 e. The van der Waals surface area contributed by atoms with E-state index < -0.39 is 0 Å². The Labute approximate surface area is 184 Å². The molecule has 0 saturated carbocycles. The van der Waals surface area contributed by atoms with Crippen molar-refractivity contribution in [3.05, 3.63) is 41.5 Å². The number of fused-ring (bicyclic) bond motifs is 4. The summed E-state index contributed by atoms with van der Waals surface area (Å²) in [5.74, 6) is -0.165. The van der Waals surface area contributed by atoms with Crippen LogP contribution >= 0.6 is 0 Å². The molecule has 3 heterocycles. The summed E-state index contributed by atoms with van der Waals surface area (Å²) < 4.78 is 5.77. The van der Waals surface area contributed by atoms with Crippen LogP contribution < -0.4 is 0 Å². The van der Waals surface area contributed by atoms with E-state index in [1.165, 1.54) is 6.92 Å². The van der Waals surface area contributed by atoms with Crippen molar-refractivity contribution in [2.24, 2.45) is 0 Å². The number of nitrogens with zero attached hydrogens (tertiary/aromatic N) is 2. The predicted molar refractivity (Wildman–Crippen MR) is 118 cm³/mol. The summed E-state index contributed by atoms with van der Waals surface area (Å²) in [6.07, 6.45) is 9.23. The van der Waals surface area contributed by atoms with Gasteiger partial charge in [0.15, 0.2) is 6.23 Å². The van der Waals surface area contributed by atoms with Crippen molar-refractivity contribution in [2.45, 2.75) is 77.0 Å². The number of carbonyl (C=O) groups excluding carboxylic acids is 3. The number of hydrogen-bond acceptors (Lipinski definition) is 5. The summed E-state index contributed by atoms with van der Waals surface area (Å²) in [6.45, 7) is 3.18. The van der Waals surface area contributed by atoms with Gasteiger partial charge < -0.3 is 14.4 Å². The molecule has 31 heavy (non-hydrogen) atoms. The number of Topliss-reactive ketones (excluding diaryl/α,β-unsaturated/α-hetero) is 1. The van der Waals surface area contributed by atoms with E-state index in [1.54, 1.807) is 0 Å². The van der Waals surface area contributed by atoms with E-state index in [-0.39, 0.29) is 36.7 Å². The number of rotatable bonds is 4. The lowest BCUT2D eigenvalue weighted by Gasteiger charge is -2.30. The van der Waals surface area contributed by atoms with Crippen molar-refractivity contribution in [3.63, 3.8) is 0 Å². The lowest BCUT2D eigenvalue weighted by molar-refractivity contribution is -0.158. The molecule has 1 amide bonds. The fraction of sp³-hybridized carbons (Fsp3) is 0.560. The highest BCUT2D eigenvalue weighted by Gasteiger charge is 2.36. The largest absolute Gasteiger partial charge is 0.446 e. The highest BCUT2D eigenvalue weighted by atomic mass is 16.6. The van der Waals surface area contributed by atoms with Gasteiger partial charge in [-0.15, -0.1) is 0 Å². The van der Waals surface area contributed by atoms with Crippen LogP contribution in [0, 0.1) is 0 Å². The Morgan fingerprint density at radius 2 is 1.74 bits per heavy atom. The van der Waals surface area contributed by atoms with Gasteiger partial charge in [-0.1, -0.05) is 37.1 Å². The Kier molecular flexibility index (Phi) is 6.86. The Morgan fingerprint density at radius 3 is 2.52 bits per heavy atom. The first-order chi connectivity index (χ1) is 15.0.